The van der Waals surface area contributed by atoms with Crippen LogP contribution in [0, 0.1) is 6.92 Å². The lowest BCUT2D eigenvalue weighted by Gasteiger charge is -2.22. The average molecular weight is 280 g/mol. The van der Waals surface area contributed by atoms with Crippen LogP contribution < -0.4 is 10.6 Å². The SMILES string of the molecule is Cc1ccnc(NCC[C@@H](C)NC(=O)OC(C)(C)C)n1. The third-order valence-corrected chi connectivity index (χ3v) is 2.42. The molecule has 6 heteroatoms. The van der Waals surface area contributed by atoms with Gasteiger partial charge in [-0.3, -0.25) is 0 Å². The molecule has 0 aliphatic carbocycles. The molecule has 0 unspecified atom stereocenters. The number of rotatable bonds is 5. The molecule has 0 radical (unpaired) electrons. The summed E-state index contributed by atoms with van der Waals surface area (Å²) in [4.78, 5) is 19.9. The number of aryl methyl sites for hydroxylation is 1. The lowest BCUT2D eigenvalue weighted by atomic mass is 10.2. The van der Waals surface area contributed by atoms with E-state index < -0.39 is 11.7 Å². The highest BCUT2D eigenvalue weighted by Gasteiger charge is 2.17. The van der Waals surface area contributed by atoms with Gasteiger partial charge >= 0.3 is 6.09 Å². The van der Waals surface area contributed by atoms with E-state index in [1.54, 1.807) is 6.20 Å². The average Bonchev–Trinajstić information content (AvgIpc) is 2.25. The molecule has 0 aliphatic rings. The predicted molar refractivity (Wildman–Crippen MR) is 78.7 cm³/mol. The summed E-state index contributed by atoms with van der Waals surface area (Å²) in [5.74, 6) is 0.606. The van der Waals surface area contributed by atoms with Crippen molar-refractivity contribution >= 4 is 12.0 Å². The van der Waals surface area contributed by atoms with Gasteiger partial charge in [-0.15, -0.1) is 0 Å². The van der Waals surface area contributed by atoms with Gasteiger partial charge in [0.25, 0.3) is 0 Å². The molecule has 0 aromatic carbocycles. The summed E-state index contributed by atoms with van der Waals surface area (Å²) >= 11 is 0. The van der Waals surface area contributed by atoms with Crippen LogP contribution in [0.5, 0.6) is 0 Å². The predicted octanol–water partition coefficient (Wildman–Crippen LogP) is 2.50. The molecule has 1 aromatic heterocycles. The summed E-state index contributed by atoms with van der Waals surface area (Å²) in [5.41, 5.74) is 0.444. The van der Waals surface area contributed by atoms with E-state index in [4.69, 9.17) is 4.74 Å². The van der Waals surface area contributed by atoms with Gasteiger partial charge in [0, 0.05) is 24.5 Å². The number of alkyl carbamates (subject to hydrolysis) is 1. The normalized spacial score (nSPS) is 12.7. The lowest BCUT2D eigenvalue weighted by molar-refractivity contribution is 0.0507. The highest BCUT2D eigenvalue weighted by atomic mass is 16.6. The summed E-state index contributed by atoms with van der Waals surface area (Å²) in [5, 5.41) is 5.92. The smallest absolute Gasteiger partial charge is 0.407 e. The van der Waals surface area contributed by atoms with Crippen LogP contribution in [0.3, 0.4) is 0 Å². The minimum atomic E-state index is -0.475. The maximum Gasteiger partial charge on any atom is 0.407 e. The number of ether oxygens (including phenoxy) is 1. The Morgan fingerprint density at radius 3 is 2.75 bits per heavy atom. The Balaban J connectivity index is 2.26. The Hall–Kier alpha value is -1.85. The molecule has 20 heavy (non-hydrogen) atoms. The minimum absolute atomic E-state index is 0.0159. The van der Waals surface area contributed by atoms with Crippen LogP contribution in [0.4, 0.5) is 10.7 Å². The van der Waals surface area contributed by atoms with Crippen LogP contribution >= 0.6 is 0 Å². The molecule has 2 N–H and O–H groups in total. The van der Waals surface area contributed by atoms with Gasteiger partial charge in [-0.1, -0.05) is 0 Å². The molecule has 0 spiro atoms. The molecule has 1 amide bonds. The maximum absolute atomic E-state index is 11.6. The second-order valence-corrected chi connectivity index (χ2v) is 5.78. The van der Waals surface area contributed by atoms with Gasteiger partial charge in [0.05, 0.1) is 0 Å². The maximum atomic E-state index is 11.6. The van der Waals surface area contributed by atoms with Crippen molar-refractivity contribution in [1.82, 2.24) is 15.3 Å². The number of nitrogens with zero attached hydrogens (tertiary/aromatic N) is 2. The van der Waals surface area contributed by atoms with Crippen LogP contribution in [-0.2, 0) is 4.74 Å². The van der Waals surface area contributed by atoms with Gasteiger partial charge in [0.1, 0.15) is 5.60 Å². The Labute approximate surface area is 120 Å². The topological polar surface area (TPSA) is 76.1 Å². The van der Waals surface area contributed by atoms with Gasteiger partial charge in [0.2, 0.25) is 5.95 Å². The van der Waals surface area contributed by atoms with Crippen LogP contribution in [0.1, 0.15) is 39.8 Å². The summed E-state index contributed by atoms with van der Waals surface area (Å²) in [6, 6.07) is 1.86. The number of carbonyl (C=O) groups is 1. The van der Waals surface area contributed by atoms with E-state index in [2.05, 4.69) is 20.6 Å². The lowest BCUT2D eigenvalue weighted by Crippen LogP contribution is -2.38. The molecule has 1 heterocycles. The van der Waals surface area contributed by atoms with E-state index in [1.807, 2.05) is 40.7 Å². The summed E-state index contributed by atoms with van der Waals surface area (Å²) in [7, 11) is 0. The molecule has 0 saturated heterocycles. The number of anilines is 1. The van der Waals surface area contributed by atoms with Crippen LogP contribution in [0.15, 0.2) is 12.3 Å². The molecule has 1 rings (SSSR count). The fraction of sp³-hybridized carbons (Fsp3) is 0.643. The van der Waals surface area contributed by atoms with Crippen molar-refractivity contribution in [3.8, 4) is 0 Å². The monoisotopic (exact) mass is 280 g/mol. The summed E-state index contributed by atoms with van der Waals surface area (Å²) in [6.07, 6.45) is 2.08. The van der Waals surface area contributed by atoms with E-state index >= 15 is 0 Å². The van der Waals surface area contributed by atoms with E-state index in [0.717, 1.165) is 12.1 Å². The molecular weight excluding hydrogens is 256 g/mol. The quantitative estimate of drug-likeness (QED) is 0.866. The minimum Gasteiger partial charge on any atom is -0.444 e. The standard InChI is InChI=1S/C14H24N4O2/c1-10-6-8-15-12(17-10)16-9-7-11(2)18-13(19)20-14(3,4)5/h6,8,11H,7,9H2,1-5H3,(H,18,19)(H,15,16,17)/t11-/m1/s1. The van der Waals surface area contributed by atoms with Gasteiger partial charge in [0.15, 0.2) is 0 Å². The molecular formula is C14H24N4O2. The van der Waals surface area contributed by atoms with Gasteiger partial charge in [-0.05, 0) is 47.1 Å². The number of hydrogen-bond donors (Lipinski definition) is 2. The molecule has 1 atom stereocenters. The van der Waals surface area contributed by atoms with Crippen molar-refractivity contribution < 1.29 is 9.53 Å². The molecule has 1 aromatic rings. The Morgan fingerprint density at radius 1 is 1.45 bits per heavy atom. The summed E-state index contributed by atoms with van der Waals surface area (Å²) in [6.45, 7) is 10.1. The van der Waals surface area contributed by atoms with E-state index in [-0.39, 0.29) is 6.04 Å². The van der Waals surface area contributed by atoms with E-state index in [9.17, 15) is 4.79 Å². The van der Waals surface area contributed by atoms with E-state index in [1.165, 1.54) is 0 Å². The third-order valence-electron chi connectivity index (χ3n) is 2.42. The van der Waals surface area contributed by atoms with Gasteiger partial charge < -0.3 is 15.4 Å². The van der Waals surface area contributed by atoms with Crippen molar-refractivity contribution in [3.63, 3.8) is 0 Å². The number of aromatic nitrogens is 2. The highest BCUT2D eigenvalue weighted by molar-refractivity contribution is 5.68. The first-order valence-electron chi connectivity index (χ1n) is 6.79. The first-order chi connectivity index (χ1) is 9.26. The van der Waals surface area contributed by atoms with E-state index in [0.29, 0.717) is 12.5 Å². The zero-order valence-electron chi connectivity index (χ0n) is 12.9. The molecule has 112 valence electrons. The number of hydrogen-bond acceptors (Lipinski definition) is 5. The molecule has 0 bridgehead atoms. The second kappa shape index (κ2) is 7.07. The molecule has 0 fully saturated rings. The van der Waals surface area contributed by atoms with Crippen molar-refractivity contribution in [3.05, 3.63) is 18.0 Å². The fourth-order valence-electron chi connectivity index (χ4n) is 1.52. The summed E-state index contributed by atoms with van der Waals surface area (Å²) < 4.78 is 5.19. The number of nitrogens with one attached hydrogen (secondary N) is 2. The molecule has 0 saturated carbocycles. The highest BCUT2D eigenvalue weighted by Crippen LogP contribution is 2.07. The zero-order valence-corrected chi connectivity index (χ0v) is 12.9. The molecule has 0 aliphatic heterocycles. The Kier molecular flexibility index (Phi) is 5.73. The zero-order chi connectivity index (χ0) is 15.2. The molecule has 6 nitrogen and oxygen atoms in total. The van der Waals surface area contributed by atoms with Crippen LogP contribution in [0.2, 0.25) is 0 Å². The number of carbonyl (C=O) groups excluding carboxylic acids is 1. The van der Waals surface area contributed by atoms with Crippen LogP contribution in [-0.4, -0.2) is 34.2 Å². The first-order valence-corrected chi connectivity index (χ1v) is 6.79. The van der Waals surface area contributed by atoms with Gasteiger partial charge in [-0.2, -0.15) is 0 Å². The third kappa shape index (κ3) is 6.92. The Morgan fingerprint density at radius 2 is 2.15 bits per heavy atom. The van der Waals surface area contributed by atoms with Crippen LogP contribution in [0.25, 0.3) is 0 Å². The van der Waals surface area contributed by atoms with Crippen molar-refractivity contribution in [2.45, 2.75) is 52.7 Å². The fourth-order valence-corrected chi connectivity index (χ4v) is 1.52. The van der Waals surface area contributed by atoms with Crippen molar-refractivity contribution in [2.24, 2.45) is 0 Å². The van der Waals surface area contributed by atoms with Crippen molar-refractivity contribution in [2.75, 3.05) is 11.9 Å². The Bertz CT molecular complexity index is 443. The van der Waals surface area contributed by atoms with Gasteiger partial charge in [-0.25, -0.2) is 14.8 Å². The first kappa shape index (κ1) is 16.2. The van der Waals surface area contributed by atoms with Crippen molar-refractivity contribution in [1.29, 1.82) is 0 Å². The second-order valence-electron chi connectivity index (χ2n) is 5.78. The largest absolute Gasteiger partial charge is 0.444 e. The number of amides is 1.